The van der Waals surface area contributed by atoms with Gasteiger partial charge in [-0.2, -0.15) is 0 Å². The molecule has 6 nitrogen and oxygen atoms in total. The molecule has 1 saturated heterocycles. The van der Waals surface area contributed by atoms with E-state index in [0.717, 1.165) is 0 Å². The molecular weight excluding hydrogens is 298 g/mol. The molecule has 1 aromatic carbocycles. The van der Waals surface area contributed by atoms with Crippen molar-refractivity contribution >= 4 is 17.7 Å². The van der Waals surface area contributed by atoms with Gasteiger partial charge in [-0.1, -0.05) is 30.3 Å². The molecule has 0 aliphatic carbocycles. The zero-order chi connectivity index (χ0) is 17.0. The van der Waals surface area contributed by atoms with Crippen molar-refractivity contribution in [2.24, 2.45) is 0 Å². The number of benzene rings is 1. The van der Waals surface area contributed by atoms with E-state index >= 15 is 0 Å². The van der Waals surface area contributed by atoms with Crippen molar-refractivity contribution < 1.29 is 23.9 Å². The maximum atomic E-state index is 12.3. The van der Waals surface area contributed by atoms with Gasteiger partial charge in [0.15, 0.2) is 5.78 Å². The molecule has 2 rings (SSSR count). The van der Waals surface area contributed by atoms with Crippen LogP contribution in [0.25, 0.3) is 0 Å². The van der Waals surface area contributed by atoms with Crippen LogP contribution in [0.3, 0.4) is 0 Å². The Bertz CT molecular complexity index is 596. The quantitative estimate of drug-likeness (QED) is 0.590. The van der Waals surface area contributed by atoms with Crippen LogP contribution in [0, 0.1) is 0 Å². The Morgan fingerprint density at radius 3 is 2.57 bits per heavy atom. The number of ketones is 1. The van der Waals surface area contributed by atoms with Gasteiger partial charge in [0.25, 0.3) is 5.91 Å². The van der Waals surface area contributed by atoms with E-state index in [1.165, 1.54) is 11.8 Å². The zero-order valence-electron chi connectivity index (χ0n) is 13.6. The summed E-state index contributed by atoms with van der Waals surface area (Å²) in [7, 11) is 0. The Hall–Kier alpha value is -2.21. The second-order valence-corrected chi connectivity index (χ2v) is 6.12. The van der Waals surface area contributed by atoms with E-state index in [2.05, 4.69) is 0 Å². The van der Waals surface area contributed by atoms with E-state index in [1.807, 2.05) is 6.07 Å². The number of nitrogens with zero attached hydrogens (tertiary/aromatic N) is 1. The fourth-order valence-electron chi connectivity index (χ4n) is 2.60. The molecule has 1 atom stereocenters. The third kappa shape index (κ3) is 4.16. The van der Waals surface area contributed by atoms with Crippen molar-refractivity contribution in [1.82, 2.24) is 4.90 Å². The highest BCUT2D eigenvalue weighted by Gasteiger charge is 2.43. The number of amides is 1. The van der Waals surface area contributed by atoms with Crippen molar-refractivity contribution in [1.29, 1.82) is 0 Å². The van der Waals surface area contributed by atoms with E-state index < -0.39 is 17.7 Å². The Kier molecular flexibility index (Phi) is 5.15. The largest absolute Gasteiger partial charge is 0.463 e. The lowest BCUT2D eigenvalue weighted by Gasteiger charge is -2.37. The summed E-state index contributed by atoms with van der Waals surface area (Å²) in [5.41, 5.74) is -0.172. The molecule has 1 aliphatic rings. The van der Waals surface area contributed by atoms with Crippen LogP contribution in [0.2, 0.25) is 0 Å². The fourth-order valence-corrected chi connectivity index (χ4v) is 2.60. The third-order valence-corrected chi connectivity index (χ3v) is 3.69. The highest BCUT2D eigenvalue weighted by Crippen LogP contribution is 2.27. The lowest BCUT2D eigenvalue weighted by molar-refractivity contribution is -0.151. The summed E-state index contributed by atoms with van der Waals surface area (Å²) in [6, 6.07) is 8.87. The first-order chi connectivity index (χ1) is 10.8. The maximum absolute atomic E-state index is 12.3. The van der Waals surface area contributed by atoms with Gasteiger partial charge in [0.2, 0.25) is 0 Å². The van der Waals surface area contributed by atoms with Gasteiger partial charge in [0.1, 0.15) is 19.4 Å². The monoisotopic (exact) mass is 319 g/mol. The van der Waals surface area contributed by atoms with Gasteiger partial charge in [0, 0.05) is 12.5 Å². The van der Waals surface area contributed by atoms with E-state index in [4.69, 9.17) is 9.47 Å². The fraction of sp³-hybridized carbons (Fsp3) is 0.471. The number of carbonyl (C=O) groups excluding carboxylic acids is 3. The number of Topliss-reactive ketones (excluding diaryl/α,β-unsaturated/α-hetero) is 1. The van der Waals surface area contributed by atoms with Gasteiger partial charge < -0.3 is 14.4 Å². The number of ether oxygens (including phenoxy) is 2. The molecule has 0 bridgehead atoms. The minimum Gasteiger partial charge on any atom is -0.463 e. The normalized spacial score (nSPS) is 18.1. The lowest BCUT2D eigenvalue weighted by atomic mass is 10.0. The summed E-state index contributed by atoms with van der Waals surface area (Å²) in [6.45, 7) is 4.85. The van der Waals surface area contributed by atoms with Crippen LogP contribution in [0.5, 0.6) is 0 Å². The molecule has 0 N–H and O–H groups in total. The summed E-state index contributed by atoms with van der Waals surface area (Å²) in [6.07, 6.45) is -0.583. The molecule has 1 aromatic rings. The molecule has 0 unspecified atom stereocenters. The maximum Gasteiger partial charge on any atom is 0.302 e. The molecular formula is C17H21NO5. The van der Waals surface area contributed by atoms with Gasteiger partial charge in [-0.05, 0) is 13.8 Å². The molecule has 0 radical (unpaired) electrons. The molecule has 0 saturated carbocycles. The number of hydrogen-bond donors (Lipinski definition) is 0. The smallest absolute Gasteiger partial charge is 0.302 e. The molecule has 6 heteroatoms. The van der Waals surface area contributed by atoms with E-state index in [9.17, 15) is 14.4 Å². The van der Waals surface area contributed by atoms with Crippen LogP contribution in [0.1, 0.15) is 37.6 Å². The van der Waals surface area contributed by atoms with Crippen LogP contribution < -0.4 is 0 Å². The third-order valence-electron chi connectivity index (χ3n) is 3.69. The second-order valence-electron chi connectivity index (χ2n) is 6.12. The van der Waals surface area contributed by atoms with Crippen molar-refractivity contribution in [2.45, 2.75) is 39.0 Å². The number of esters is 1. The van der Waals surface area contributed by atoms with Crippen LogP contribution in [0.15, 0.2) is 30.3 Å². The number of hydrogen-bond acceptors (Lipinski definition) is 5. The van der Waals surface area contributed by atoms with E-state index in [0.29, 0.717) is 5.56 Å². The molecule has 1 heterocycles. The standard InChI is InChI=1S/C17H21NO5/c1-12(19)23-11-17(2,3)18-15(21)10-22-16(18)9-14(20)13-7-5-4-6-8-13/h4-8,16H,9-11H2,1-3H3/t16-/m0/s1. The minimum atomic E-state index is -0.749. The first-order valence-corrected chi connectivity index (χ1v) is 7.46. The zero-order valence-corrected chi connectivity index (χ0v) is 13.6. The number of rotatable bonds is 6. The van der Waals surface area contributed by atoms with E-state index in [1.54, 1.807) is 38.1 Å². The number of carbonyl (C=O) groups is 3. The Morgan fingerprint density at radius 1 is 1.30 bits per heavy atom. The molecule has 1 amide bonds. The van der Waals surface area contributed by atoms with Crippen LogP contribution in [0.4, 0.5) is 0 Å². The molecule has 1 aliphatic heterocycles. The Balaban J connectivity index is 2.10. The average Bonchev–Trinajstić information content (AvgIpc) is 2.87. The predicted molar refractivity (Wildman–Crippen MR) is 82.7 cm³/mol. The van der Waals surface area contributed by atoms with Crippen molar-refractivity contribution in [3.63, 3.8) is 0 Å². The summed E-state index contributed by atoms with van der Waals surface area (Å²) in [5.74, 6) is -0.728. The summed E-state index contributed by atoms with van der Waals surface area (Å²) < 4.78 is 10.5. The highest BCUT2D eigenvalue weighted by atomic mass is 16.5. The topological polar surface area (TPSA) is 72.9 Å². The molecule has 23 heavy (non-hydrogen) atoms. The highest BCUT2D eigenvalue weighted by molar-refractivity contribution is 5.96. The summed E-state index contributed by atoms with van der Waals surface area (Å²) in [5, 5.41) is 0. The van der Waals surface area contributed by atoms with Gasteiger partial charge in [-0.25, -0.2) is 0 Å². The van der Waals surface area contributed by atoms with Gasteiger partial charge in [-0.15, -0.1) is 0 Å². The molecule has 0 aromatic heterocycles. The Morgan fingerprint density at radius 2 is 1.96 bits per heavy atom. The van der Waals surface area contributed by atoms with Crippen LogP contribution in [-0.2, 0) is 19.1 Å². The predicted octanol–water partition coefficient (Wildman–Crippen LogP) is 1.79. The first-order valence-electron chi connectivity index (χ1n) is 7.46. The van der Waals surface area contributed by atoms with Crippen molar-refractivity contribution in [3.05, 3.63) is 35.9 Å². The lowest BCUT2D eigenvalue weighted by Crippen LogP contribution is -2.53. The molecule has 124 valence electrons. The molecule has 0 spiro atoms. The van der Waals surface area contributed by atoms with E-state index in [-0.39, 0.29) is 31.3 Å². The van der Waals surface area contributed by atoms with Crippen LogP contribution in [-0.4, -0.2) is 47.5 Å². The van der Waals surface area contributed by atoms with Crippen molar-refractivity contribution in [3.8, 4) is 0 Å². The molecule has 1 fully saturated rings. The van der Waals surface area contributed by atoms with Crippen molar-refractivity contribution in [2.75, 3.05) is 13.2 Å². The summed E-state index contributed by atoms with van der Waals surface area (Å²) >= 11 is 0. The van der Waals surface area contributed by atoms with Gasteiger partial charge >= 0.3 is 5.97 Å². The SMILES string of the molecule is CC(=O)OCC(C)(C)N1C(=O)CO[C@H]1CC(=O)c1ccccc1. The summed E-state index contributed by atoms with van der Waals surface area (Å²) in [4.78, 5) is 37.0. The van der Waals surface area contributed by atoms with Gasteiger partial charge in [-0.3, -0.25) is 14.4 Å². The minimum absolute atomic E-state index is 0.0491. The van der Waals surface area contributed by atoms with Crippen LogP contribution >= 0.6 is 0 Å². The second kappa shape index (κ2) is 6.91. The van der Waals surface area contributed by atoms with Gasteiger partial charge in [0.05, 0.1) is 12.0 Å². The average molecular weight is 319 g/mol. The Labute approximate surface area is 135 Å². The first kappa shape index (κ1) is 17.1.